The summed E-state index contributed by atoms with van der Waals surface area (Å²) >= 11 is 5.94. The van der Waals surface area contributed by atoms with Gasteiger partial charge in [-0.3, -0.25) is 9.59 Å². The van der Waals surface area contributed by atoms with E-state index < -0.39 is 0 Å². The van der Waals surface area contributed by atoms with Gasteiger partial charge in [0.05, 0.1) is 11.0 Å². The predicted molar refractivity (Wildman–Crippen MR) is 107 cm³/mol. The zero-order chi connectivity index (χ0) is 19.0. The van der Waals surface area contributed by atoms with E-state index in [-0.39, 0.29) is 17.2 Å². The van der Waals surface area contributed by atoms with E-state index in [4.69, 9.17) is 11.6 Å². The van der Waals surface area contributed by atoms with E-state index in [0.717, 1.165) is 5.69 Å². The molecule has 0 saturated carbocycles. The standard InChI is InChI=1S/C20H19ClN4O2/c1-23-17-5-3-2-4-16(17)22-18(19(23)26)20(27)25-12-10-24(11-13-25)15-8-6-14(21)7-9-15/h2-9H,10-13H2,1H3. The van der Waals surface area contributed by atoms with Gasteiger partial charge < -0.3 is 14.4 Å². The van der Waals surface area contributed by atoms with E-state index >= 15 is 0 Å². The number of halogens is 1. The van der Waals surface area contributed by atoms with Crippen molar-refractivity contribution in [2.75, 3.05) is 31.1 Å². The number of anilines is 1. The maximum absolute atomic E-state index is 12.9. The molecule has 1 aromatic heterocycles. The van der Waals surface area contributed by atoms with Crippen molar-refractivity contribution in [2.45, 2.75) is 0 Å². The van der Waals surface area contributed by atoms with E-state index in [0.29, 0.717) is 42.2 Å². The molecule has 1 saturated heterocycles. The van der Waals surface area contributed by atoms with Crippen LogP contribution in [0, 0.1) is 0 Å². The largest absolute Gasteiger partial charge is 0.368 e. The van der Waals surface area contributed by atoms with Crippen molar-refractivity contribution in [3.05, 3.63) is 69.6 Å². The molecule has 2 aromatic carbocycles. The van der Waals surface area contributed by atoms with Crippen LogP contribution in [0.15, 0.2) is 53.3 Å². The molecule has 0 atom stereocenters. The third-order valence-electron chi connectivity index (χ3n) is 4.94. The van der Waals surface area contributed by atoms with Gasteiger partial charge in [-0.05, 0) is 36.4 Å². The van der Waals surface area contributed by atoms with Gasteiger partial charge in [-0.25, -0.2) is 4.98 Å². The van der Waals surface area contributed by atoms with Gasteiger partial charge in [-0.2, -0.15) is 0 Å². The fourth-order valence-electron chi connectivity index (χ4n) is 3.39. The lowest BCUT2D eigenvalue weighted by molar-refractivity contribution is 0.0738. The van der Waals surface area contributed by atoms with Crippen molar-refractivity contribution < 1.29 is 4.79 Å². The molecule has 0 unspecified atom stereocenters. The van der Waals surface area contributed by atoms with Crippen molar-refractivity contribution in [1.29, 1.82) is 0 Å². The van der Waals surface area contributed by atoms with Gasteiger partial charge in [0.15, 0.2) is 5.69 Å². The molecule has 3 aromatic rings. The molecule has 0 bridgehead atoms. The Labute approximate surface area is 161 Å². The fraction of sp³-hybridized carbons (Fsp3) is 0.250. The van der Waals surface area contributed by atoms with Crippen LogP contribution in [0.3, 0.4) is 0 Å². The minimum absolute atomic E-state index is 0.0175. The number of rotatable bonds is 2. The van der Waals surface area contributed by atoms with Gasteiger partial charge in [0.1, 0.15) is 0 Å². The van der Waals surface area contributed by atoms with Crippen LogP contribution in [0.4, 0.5) is 5.69 Å². The van der Waals surface area contributed by atoms with E-state index in [1.165, 1.54) is 4.57 Å². The number of amides is 1. The number of hydrogen-bond acceptors (Lipinski definition) is 4. The highest BCUT2D eigenvalue weighted by Crippen LogP contribution is 2.20. The number of para-hydroxylation sites is 2. The van der Waals surface area contributed by atoms with E-state index in [9.17, 15) is 9.59 Å². The lowest BCUT2D eigenvalue weighted by atomic mass is 10.2. The summed E-state index contributed by atoms with van der Waals surface area (Å²) in [5.41, 5.74) is 2.05. The van der Waals surface area contributed by atoms with Gasteiger partial charge in [0, 0.05) is 43.9 Å². The number of nitrogens with zero attached hydrogens (tertiary/aromatic N) is 4. The van der Waals surface area contributed by atoms with Gasteiger partial charge in [-0.1, -0.05) is 23.7 Å². The van der Waals surface area contributed by atoms with Crippen LogP contribution in [-0.2, 0) is 7.05 Å². The lowest BCUT2D eigenvalue weighted by Gasteiger charge is -2.36. The van der Waals surface area contributed by atoms with Crippen molar-refractivity contribution in [3.63, 3.8) is 0 Å². The molecule has 6 nitrogen and oxygen atoms in total. The highest BCUT2D eigenvalue weighted by molar-refractivity contribution is 6.30. The first-order valence-electron chi connectivity index (χ1n) is 8.80. The molecule has 0 N–H and O–H groups in total. The Bertz CT molecular complexity index is 1050. The topological polar surface area (TPSA) is 58.4 Å². The molecular formula is C20H19ClN4O2. The first kappa shape index (κ1) is 17.5. The Morgan fingerprint density at radius 3 is 2.37 bits per heavy atom. The first-order chi connectivity index (χ1) is 13.0. The summed E-state index contributed by atoms with van der Waals surface area (Å²) in [6, 6.07) is 15.0. The van der Waals surface area contributed by atoms with Crippen LogP contribution < -0.4 is 10.5 Å². The summed E-state index contributed by atoms with van der Waals surface area (Å²) in [4.78, 5) is 33.8. The maximum Gasteiger partial charge on any atom is 0.282 e. The smallest absolute Gasteiger partial charge is 0.282 e. The Balaban J connectivity index is 1.54. The molecule has 27 heavy (non-hydrogen) atoms. The van der Waals surface area contributed by atoms with Gasteiger partial charge in [0.2, 0.25) is 0 Å². The lowest BCUT2D eigenvalue weighted by Crippen LogP contribution is -2.50. The van der Waals surface area contributed by atoms with Gasteiger partial charge in [-0.15, -0.1) is 0 Å². The van der Waals surface area contributed by atoms with Crippen LogP contribution in [0.1, 0.15) is 10.5 Å². The molecule has 1 aliphatic heterocycles. The third-order valence-corrected chi connectivity index (χ3v) is 5.20. The Kier molecular flexibility index (Phi) is 4.58. The maximum atomic E-state index is 12.9. The summed E-state index contributed by atoms with van der Waals surface area (Å²) in [7, 11) is 1.67. The van der Waals surface area contributed by atoms with Crippen molar-refractivity contribution in [2.24, 2.45) is 7.05 Å². The Morgan fingerprint density at radius 2 is 1.67 bits per heavy atom. The number of hydrogen-bond donors (Lipinski definition) is 0. The molecule has 1 aliphatic rings. The molecular weight excluding hydrogens is 364 g/mol. The first-order valence-corrected chi connectivity index (χ1v) is 9.18. The van der Waals surface area contributed by atoms with Crippen LogP contribution in [-0.4, -0.2) is 46.5 Å². The van der Waals surface area contributed by atoms with Crippen molar-refractivity contribution >= 4 is 34.2 Å². The van der Waals surface area contributed by atoms with Crippen LogP contribution >= 0.6 is 11.6 Å². The molecule has 0 radical (unpaired) electrons. The average Bonchev–Trinajstić information content (AvgIpc) is 2.71. The van der Waals surface area contributed by atoms with E-state index in [2.05, 4.69) is 9.88 Å². The van der Waals surface area contributed by atoms with E-state index in [1.807, 2.05) is 48.5 Å². The number of fused-ring (bicyclic) bond motifs is 1. The molecule has 138 valence electrons. The molecule has 1 amide bonds. The summed E-state index contributed by atoms with van der Waals surface area (Å²) in [5, 5.41) is 0.700. The number of carbonyl (C=O) groups is 1. The molecule has 0 spiro atoms. The Morgan fingerprint density at radius 1 is 1.00 bits per heavy atom. The summed E-state index contributed by atoms with van der Waals surface area (Å²) in [6.07, 6.45) is 0. The second kappa shape index (κ2) is 7.04. The zero-order valence-electron chi connectivity index (χ0n) is 14.9. The summed E-state index contributed by atoms with van der Waals surface area (Å²) < 4.78 is 1.49. The average molecular weight is 383 g/mol. The molecule has 0 aliphatic carbocycles. The number of aromatic nitrogens is 2. The summed E-state index contributed by atoms with van der Waals surface area (Å²) in [6.45, 7) is 2.47. The Hall–Kier alpha value is -2.86. The second-order valence-corrected chi connectivity index (χ2v) is 7.01. The molecule has 7 heteroatoms. The van der Waals surface area contributed by atoms with Crippen molar-refractivity contribution in [1.82, 2.24) is 14.5 Å². The van der Waals surface area contributed by atoms with Gasteiger partial charge >= 0.3 is 0 Å². The van der Waals surface area contributed by atoms with Crippen LogP contribution in [0.2, 0.25) is 5.02 Å². The van der Waals surface area contributed by atoms with Gasteiger partial charge in [0.25, 0.3) is 11.5 Å². The quantitative estimate of drug-likeness (QED) is 0.683. The number of carbonyl (C=O) groups excluding carboxylic acids is 1. The molecule has 4 rings (SSSR count). The number of aryl methyl sites for hydroxylation is 1. The van der Waals surface area contributed by atoms with Crippen LogP contribution in [0.25, 0.3) is 11.0 Å². The molecule has 2 heterocycles. The number of benzene rings is 2. The highest BCUT2D eigenvalue weighted by Gasteiger charge is 2.26. The second-order valence-electron chi connectivity index (χ2n) is 6.57. The van der Waals surface area contributed by atoms with Crippen LogP contribution in [0.5, 0.6) is 0 Å². The normalized spacial score (nSPS) is 14.6. The third kappa shape index (κ3) is 3.28. The molecule has 1 fully saturated rings. The van der Waals surface area contributed by atoms with E-state index in [1.54, 1.807) is 11.9 Å². The number of piperazine rings is 1. The minimum Gasteiger partial charge on any atom is -0.368 e. The SMILES string of the molecule is Cn1c(=O)c(C(=O)N2CCN(c3ccc(Cl)cc3)CC2)nc2ccccc21. The highest BCUT2D eigenvalue weighted by atomic mass is 35.5. The minimum atomic E-state index is -0.362. The van der Waals surface area contributed by atoms with Crippen molar-refractivity contribution in [3.8, 4) is 0 Å². The summed E-state index contributed by atoms with van der Waals surface area (Å²) in [5.74, 6) is -0.308. The monoisotopic (exact) mass is 382 g/mol. The predicted octanol–water partition coefficient (Wildman–Crippen LogP) is 2.55. The zero-order valence-corrected chi connectivity index (χ0v) is 15.7. The fourth-order valence-corrected chi connectivity index (χ4v) is 3.51.